The molecule has 0 aliphatic heterocycles. The van der Waals surface area contributed by atoms with E-state index in [0.717, 1.165) is 5.56 Å². The van der Waals surface area contributed by atoms with Crippen LogP contribution in [0.5, 0.6) is 0 Å². The highest BCUT2D eigenvalue weighted by Crippen LogP contribution is 2.17. The van der Waals surface area contributed by atoms with E-state index in [9.17, 15) is 13.2 Å². The molecule has 168 valence electrons. The largest absolute Gasteiger partial charge is 0.380 e. The SMILES string of the molecule is CCCC(NS(=O)(=O)c1ccccc1)ONC(=O)c1ccccc1NCc1ccncc1. The zero-order valence-corrected chi connectivity index (χ0v) is 18.5. The van der Waals surface area contributed by atoms with Gasteiger partial charge < -0.3 is 5.32 Å². The molecule has 0 radical (unpaired) electrons. The van der Waals surface area contributed by atoms with Crippen molar-refractivity contribution >= 4 is 21.6 Å². The van der Waals surface area contributed by atoms with Crippen molar-refractivity contribution in [3.63, 3.8) is 0 Å². The van der Waals surface area contributed by atoms with E-state index in [0.29, 0.717) is 30.6 Å². The molecule has 3 rings (SSSR count). The van der Waals surface area contributed by atoms with E-state index in [2.05, 4.69) is 20.5 Å². The molecule has 0 saturated carbocycles. The highest BCUT2D eigenvalue weighted by molar-refractivity contribution is 7.89. The number of sulfonamides is 1. The van der Waals surface area contributed by atoms with Crippen LogP contribution >= 0.6 is 0 Å². The summed E-state index contributed by atoms with van der Waals surface area (Å²) in [7, 11) is -3.79. The molecule has 0 fully saturated rings. The Labute approximate surface area is 188 Å². The van der Waals surface area contributed by atoms with Crippen LogP contribution < -0.4 is 15.5 Å². The van der Waals surface area contributed by atoms with Crippen LogP contribution in [0.4, 0.5) is 5.69 Å². The molecule has 32 heavy (non-hydrogen) atoms. The lowest BCUT2D eigenvalue weighted by Crippen LogP contribution is -2.41. The predicted octanol–water partition coefficient (Wildman–Crippen LogP) is 3.46. The monoisotopic (exact) mass is 454 g/mol. The normalized spacial score (nSPS) is 12.2. The number of nitrogens with zero attached hydrogens (tertiary/aromatic N) is 1. The first-order valence-corrected chi connectivity index (χ1v) is 11.7. The van der Waals surface area contributed by atoms with Gasteiger partial charge in [-0.05, 0) is 48.4 Å². The van der Waals surface area contributed by atoms with E-state index in [1.54, 1.807) is 48.8 Å². The molecular formula is C23H26N4O4S. The van der Waals surface area contributed by atoms with Crippen LogP contribution in [-0.4, -0.2) is 25.5 Å². The molecule has 0 saturated heterocycles. The molecule has 1 heterocycles. The molecule has 1 aromatic heterocycles. The molecule has 0 aliphatic carbocycles. The molecule has 0 spiro atoms. The van der Waals surface area contributed by atoms with Crippen molar-refractivity contribution in [2.45, 2.75) is 37.4 Å². The number of amides is 1. The minimum atomic E-state index is -3.79. The van der Waals surface area contributed by atoms with Gasteiger partial charge in [-0.15, -0.1) is 0 Å². The zero-order valence-electron chi connectivity index (χ0n) is 17.7. The zero-order chi connectivity index (χ0) is 22.8. The minimum Gasteiger partial charge on any atom is -0.380 e. The van der Waals surface area contributed by atoms with Crippen molar-refractivity contribution in [3.05, 3.63) is 90.3 Å². The minimum absolute atomic E-state index is 0.127. The molecule has 3 aromatic rings. The Morgan fingerprint density at radius 2 is 1.69 bits per heavy atom. The highest BCUT2D eigenvalue weighted by Gasteiger charge is 2.21. The molecule has 0 bridgehead atoms. The van der Waals surface area contributed by atoms with Crippen LogP contribution in [0.3, 0.4) is 0 Å². The van der Waals surface area contributed by atoms with Crippen LogP contribution in [0.1, 0.15) is 35.7 Å². The number of benzene rings is 2. The van der Waals surface area contributed by atoms with Crippen LogP contribution in [0.25, 0.3) is 0 Å². The standard InChI is InChI=1S/C23H26N4O4S/c1-2-8-22(27-32(29,30)19-9-4-3-5-10-19)31-26-23(28)20-11-6-7-12-21(20)25-17-18-13-15-24-16-14-18/h3-7,9-16,22,25,27H,2,8,17H2,1H3,(H,26,28). The maximum atomic E-state index is 12.8. The summed E-state index contributed by atoms with van der Waals surface area (Å²) >= 11 is 0. The fraction of sp³-hybridized carbons (Fsp3) is 0.217. The predicted molar refractivity (Wildman–Crippen MR) is 122 cm³/mol. The fourth-order valence-corrected chi connectivity index (χ4v) is 4.12. The van der Waals surface area contributed by atoms with Gasteiger partial charge in [0.05, 0.1) is 10.5 Å². The number of anilines is 1. The van der Waals surface area contributed by atoms with E-state index in [1.165, 1.54) is 12.1 Å². The Bertz CT molecular complexity index is 1110. The third kappa shape index (κ3) is 6.61. The van der Waals surface area contributed by atoms with Gasteiger partial charge in [-0.3, -0.25) is 14.6 Å². The summed E-state index contributed by atoms with van der Waals surface area (Å²) in [6.07, 6.45) is 3.53. The maximum Gasteiger partial charge on any atom is 0.276 e. The van der Waals surface area contributed by atoms with Crippen molar-refractivity contribution < 1.29 is 18.0 Å². The van der Waals surface area contributed by atoms with Gasteiger partial charge in [0.2, 0.25) is 10.0 Å². The van der Waals surface area contributed by atoms with Gasteiger partial charge in [0.15, 0.2) is 0 Å². The number of hydroxylamine groups is 1. The Morgan fingerprint density at radius 3 is 2.41 bits per heavy atom. The molecule has 1 unspecified atom stereocenters. The van der Waals surface area contributed by atoms with E-state index in [1.807, 2.05) is 25.1 Å². The summed E-state index contributed by atoms with van der Waals surface area (Å²) in [6.45, 7) is 2.41. The van der Waals surface area contributed by atoms with E-state index in [-0.39, 0.29) is 4.90 Å². The summed E-state index contributed by atoms with van der Waals surface area (Å²) in [4.78, 5) is 22.3. The lowest BCUT2D eigenvalue weighted by Gasteiger charge is -2.19. The summed E-state index contributed by atoms with van der Waals surface area (Å²) in [5.41, 5.74) is 4.40. The first-order chi connectivity index (χ1) is 15.5. The summed E-state index contributed by atoms with van der Waals surface area (Å²) < 4.78 is 27.7. The smallest absolute Gasteiger partial charge is 0.276 e. The number of para-hydroxylation sites is 1. The number of rotatable bonds is 11. The number of pyridine rings is 1. The van der Waals surface area contributed by atoms with E-state index < -0.39 is 22.2 Å². The summed E-state index contributed by atoms with van der Waals surface area (Å²) in [6, 6.07) is 18.8. The number of hydrogen-bond donors (Lipinski definition) is 3. The van der Waals surface area contributed by atoms with Gasteiger partial charge in [-0.25, -0.2) is 13.9 Å². The lowest BCUT2D eigenvalue weighted by molar-refractivity contribution is -0.0248. The van der Waals surface area contributed by atoms with E-state index >= 15 is 0 Å². The fourth-order valence-electron chi connectivity index (χ4n) is 2.96. The highest BCUT2D eigenvalue weighted by atomic mass is 32.2. The van der Waals surface area contributed by atoms with Gasteiger partial charge in [-0.1, -0.05) is 43.7 Å². The Balaban J connectivity index is 1.64. The van der Waals surface area contributed by atoms with Crippen molar-refractivity contribution in [1.29, 1.82) is 0 Å². The topological polar surface area (TPSA) is 109 Å². The quantitative estimate of drug-likeness (QED) is 0.302. The first kappa shape index (κ1) is 23.4. The third-order valence-corrected chi connectivity index (χ3v) is 6.05. The van der Waals surface area contributed by atoms with Gasteiger partial charge in [0.25, 0.3) is 5.91 Å². The lowest BCUT2D eigenvalue weighted by atomic mass is 10.1. The van der Waals surface area contributed by atoms with Gasteiger partial charge in [0, 0.05) is 24.6 Å². The molecule has 8 nitrogen and oxygen atoms in total. The molecule has 2 aromatic carbocycles. The molecule has 0 aliphatic rings. The second-order valence-electron chi connectivity index (χ2n) is 7.02. The molecule has 1 amide bonds. The molecule has 1 atom stereocenters. The van der Waals surface area contributed by atoms with Crippen LogP contribution in [0.2, 0.25) is 0 Å². The summed E-state index contributed by atoms with van der Waals surface area (Å²) in [5, 5.41) is 3.23. The van der Waals surface area contributed by atoms with E-state index in [4.69, 9.17) is 4.84 Å². The number of hydrogen-bond acceptors (Lipinski definition) is 6. The second kappa shape index (κ2) is 11.4. The first-order valence-electron chi connectivity index (χ1n) is 10.2. The van der Waals surface area contributed by atoms with Crippen molar-refractivity contribution in [2.75, 3.05) is 5.32 Å². The molecule has 3 N–H and O–H groups in total. The molecular weight excluding hydrogens is 428 g/mol. The van der Waals surface area contributed by atoms with Crippen LogP contribution in [0, 0.1) is 0 Å². The van der Waals surface area contributed by atoms with Gasteiger partial charge >= 0.3 is 0 Å². The van der Waals surface area contributed by atoms with Crippen molar-refractivity contribution in [2.24, 2.45) is 0 Å². The van der Waals surface area contributed by atoms with Gasteiger partial charge in [0.1, 0.15) is 6.23 Å². The Morgan fingerprint density at radius 1 is 1.00 bits per heavy atom. The maximum absolute atomic E-state index is 12.8. The Kier molecular flexibility index (Phi) is 8.32. The van der Waals surface area contributed by atoms with Crippen LogP contribution in [0.15, 0.2) is 84.0 Å². The van der Waals surface area contributed by atoms with Crippen molar-refractivity contribution in [3.8, 4) is 0 Å². The number of carbonyl (C=O) groups is 1. The average molecular weight is 455 g/mol. The molecule has 9 heteroatoms. The summed E-state index contributed by atoms with van der Waals surface area (Å²) in [5.74, 6) is -0.483. The third-order valence-electron chi connectivity index (χ3n) is 4.59. The number of aromatic nitrogens is 1. The average Bonchev–Trinajstić information content (AvgIpc) is 2.82. The Hall–Kier alpha value is -3.27. The number of nitrogens with one attached hydrogen (secondary N) is 3. The second-order valence-corrected chi connectivity index (χ2v) is 8.73. The number of carbonyl (C=O) groups excluding carboxylic acids is 1. The van der Waals surface area contributed by atoms with Crippen LogP contribution in [-0.2, 0) is 21.4 Å². The van der Waals surface area contributed by atoms with Crippen molar-refractivity contribution in [1.82, 2.24) is 15.2 Å². The van der Waals surface area contributed by atoms with Gasteiger partial charge in [-0.2, -0.15) is 4.72 Å².